The number of ether oxygens (including phenoxy) is 1. The van der Waals surface area contributed by atoms with Crippen LogP contribution in [0.2, 0.25) is 0 Å². The molecule has 0 saturated carbocycles. The predicted molar refractivity (Wildman–Crippen MR) is 111 cm³/mol. The van der Waals surface area contributed by atoms with Crippen LogP contribution in [0.4, 0.5) is 0 Å². The molecule has 0 spiro atoms. The third kappa shape index (κ3) is 5.33. The maximum absolute atomic E-state index is 12.7. The zero-order valence-corrected chi connectivity index (χ0v) is 18.0. The molecular formula is C20H23BrN2O4S. The van der Waals surface area contributed by atoms with Gasteiger partial charge in [0.1, 0.15) is 5.75 Å². The molecule has 2 aromatic carbocycles. The molecule has 3 rings (SSSR count). The van der Waals surface area contributed by atoms with E-state index in [2.05, 4.69) is 21.2 Å². The summed E-state index contributed by atoms with van der Waals surface area (Å²) in [5.41, 5.74) is 1.02. The van der Waals surface area contributed by atoms with Gasteiger partial charge < -0.3 is 10.1 Å². The van der Waals surface area contributed by atoms with E-state index in [-0.39, 0.29) is 18.6 Å². The van der Waals surface area contributed by atoms with Crippen LogP contribution in [0, 0.1) is 6.92 Å². The summed E-state index contributed by atoms with van der Waals surface area (Å²) >= 11 is 3.36. The fourth-order valence-corrected chi connectivity index (χ4v) is 4.92. The minimum atomic E-state index is -3.49. The fraction of sp³-hybridized carbons (Fsp3) is 0.350. The molecule has 1 aliphatic heterocycles. The number of carbonyl (C=O) groups is 1. The normalized spacial score (nSPS) is 15.9. The Labute approximate surface area is 174 Å². The van der Waals surface area contributed by atoms with Crippen molar-refractivity contribution in [3.05, 3.63) is 58.6 Å². The lowest BCUT2D eigenvalue weighted by atomic mass is 10.1. The van der Waals surface area contributed by atoms with Crippen molar-refractivity contribution in [2.75, 3.05) is 19.7 Å². The first-order chi connectivity index (χ1) is 13.3. The van der Waals surface area contributed by atoms with Crippen molar-refractivity contribution < 1.29 is 17.9 Å². The van der Waals surface area contributed by atoms with Crippen molar-refractivity contribution in [3.8, 4) is 5.75 Å². The number of benzene rings is 2. The first-order valence-corrected chi connectivity index (χ1v) is 11.3. The fourth-order valence-electron chi connectivity index (χ4n) is 3.07. The van der Waals surface area contributed by atoms with E-state index in [1.165, 1.54) is 4.31 Å². The highest BCUT2D eigenvalue weighted by Gasteiger charge is 2.29. The standard InChI is InChI=1S/C20H23BrN2O4S/c1-15-5-7-19(8-6-15)28(25,26)23-11-9-17(10-12-23)22-20(24)14-27-18-4-2-3-16(21)13-18/h2-8,13,17H,9-12,14H2,1H3,(H,22,24). The highest BCUT2D eigenvalue weighted by atomic mass is 79.9. The van der Waals surface area contributed by atoms with Crippen molar-refractivity contribution in [2.45, 2.75) is 30.7 Å². The number of nitrogens with one attached hydrogen (secondary N) is 1. The summed E-state index contributed by atoms with van der Waals surface area (Å²) in [6.07, 6.45) is 1.15. The van der Waals surface area contributed by atoms with Crippen molar-refractivity contribution >= 4 is 31.9 Å². The number of hydrogen-bond donors (Lipinski definition) is 1. The number of carbonyl (C=O) groups excluding carboxylic acids is 1. The Hall–Kier alpha value is -1.90. The highest BCUT2D eigenvalue weighted by molar-refractivity contribution is 9.10. The third-order valence-electron chi connectivity index (χ3n) is 4.64. The van der Waals surface area contributed by atoms with Crippen LogP contribution in [0.15, 0.2) is 57.9 Å². The van der Waals surface area contributed by atoms with E-state index in [1.807, 2.05) is 19.1 Å². The SMILES string of the molecule is Cc1ccc(S(=O)(=O)N2CCC(NC(=O)COc3cccc(Br)c3)CC2)cc1. The van der Waals surface area contributed by atoms with E-state index < -0.39 is 10.0 Å². The average molecular weight is 467 g/mol. The van der Waals surface area contributed by atoms with Gasteiger partial charge >= 0.3 is 0 Å². The molecule has 0 aromatic heterocycles. The number of rotatable bonds is 6. The molecule has 6 nitrogen and oxygen atoms in total. The van der Waals surface area contributed by atoms with Crippen LogP contribution in [0.3, 0.4) is 0 Å². The minimum absolute atomic E-state index is 0.0527. The predicted octanol–water partition coefficient (Wildman–Crippen LogP) is 3.11. The highest BCUT2D eigenvalue weighted by Crippen LogP contribution is 2.21. The van der Waals surface area contributed by atoms with E-state index in [9.17, 15) is 13.2 Å². The zero-order chi connectivity index (χ0) is 20.1. The molecule has 1 fully saturated rings. The van der Waals surface area contributed by atoms with Gasteiger partial charge in [-0.25, -0.2) is 8.42 Å². The second-order valence-electron chi connectivity index (χ2n) is 6.80. The lowest BCUT2D eigenvalue weighted by Gasteiger charge is -2.31. The van der Waals surface area contributed by atoms with Crippen molar-refractivity contribution in [3.63, 3.8) is 0 Å². The second kappa shape index (κ2) is 9.07. The van der Waals surface area contributed by atoms with Crippen LogP contribution in [0.5, 0.6) is 5.75 Å². The van der Waals surface area contributed by atoms with E-state index >= 15 is 0 Å². The number of halogens is 1. The summed E-state index contributed by atoms with van der Waals surface area (Å²) < 4.78 is 33.3. The maximum Gasteiger partial charge on any atom is 0.258 e. The Balaban J connectivity index is 1.48. The molecule has 0 aliphatic carbocycles. The number of amides is 1. The number of hydrogen-bond acceptors (Lipinski definition) is 4. The summed E-state index contributed by atoms with van der Waals surface area (Å²) in [6.45, 7) is 2.62. The van der Waals surface area contributed by atoms with Crippen LogP contribution >= 0.6 is 15.9 Å². The van der Waals surface area contributed by atoms with Crippen LogP contribution in [-0.2, 0) is 14.8 Å². The average Bonchev–Trinajstić information content (AvgIpc) is 2.67. The summed E-state index contributed by atoms with van der Waals surface area (Å²) in [4.78, 5) is 12.4. The molecular weight excluding hydrogens is 444 g/mol. The zero-order valence-electron chi connectivity index (χ0n) is 15.6. The Bertz CT molecular complexity index is 923. The number of sulfonamides is 1. The van der Waals surface area contributed by atoms with E-state index in [0.29, 0.717) is 36.6 Å². The summed E-state index contributed by atoms with van der Waals surface area (Å²) in [5, 5.41) is 2.93. The summed E-state index contributed by atoms with van der Waals surface area (Å²) in [6, 6.07) is 14.1. The van der Waals surface area contributed by atoms with Gasteiger partial charge in [0.2, 0.25) is 10.0 Å². The van der Waals surface area contributed by atoms with Gasteiger partial charge in [-0.1, -0.05) is 39.7 Å². The van der Waals surface area contributed by atoms with Gasteiger partial charge in [0.05, 0.1) is 4.90 Å². The molecule has 0 atom stereocenters. The third-order valence-corrected chi connectivity index (χ3v) is 7.05. The largest absolute Gasteiger partial charge is 0.484 e. The van der Waals surface area contributed by atoms with Crippen molar-refractivity contribution in [1.29, 1.82) is 0 Å². The molecule has 150 valence electrons. The van der Waals surface area contributed by atoms with Gasteiger partial charge in [0.25, 0.3) is 5.91 Å². The molecule has 28 heavy (non-hydrogen) atoms. The topological polar surface area (TPSA) is 75.7 Å². The van der Waals surface area contributed by atoms with Crippen LogP contribution in [-0.4, -0.2) is 44.4 Å². The minimum Gasteiger partial charge on any atom is -0.484 e. The molecule has 1 amide bonds. The molecule has 1 saturated heterocycles. The van der Waals surface area contributed by atoms with Gasteiger partial charge in [-0.15, -0.1) is 0 Å². The Kier molecular flexibility index (Phi) is 6.74. The van der Waals surface area contributed by atoms with Gasteiger partial charge in [-0.3, -0.25) is 4.79 Å². The Morgan fingerprint density at radius 2 is 1.86 bits per heavy atom. The van der Waals surface area contributed by atoms with Gasteiger partial charge in [-0.05, 0) is 50.1 Å². The van der Waals surface area contributed by atoms with Gasteiger partial charge in [-0.2, -0.15) is 4.31 Å². The van der Waals surface area contributed by atoms with Crippen LogP contribution in [0.25, 0.3) is 0 Å². The molecule has 1 heterocycles. The maximum atomic E-state index is 12.7. The molecule has 0 radical (unpaired) electrons. The summed E-state index contributed by atoms with van der Waals surface area (Å²) in [5.74, 6) is 0.406. The monoisotopic (exact) mass is 466 g/mol. The van der Waals surface area contributed by atoms with E-state index in [4.69, 9.17) is 4.74 Å². The van der Waals surface area contributed by atoms with E-state index in [0.717, 1.165) is 10.0 Å². The molecule has 0 unspecified atom stereocenters. The molecule has 8 heteroatoms. The number of nitrogens with zero attached hydrogens (tertiary/aromatic N) is 1. The van der Waals surface area contributed by atoms with Gasteiger partial charge in [0, 0.05) is 23.6 Å². The van der Waals surface area contributed by atoms with E-state index in [1.54, 1.807) is 36.4 Å². The molecule has 0 bridgehead atoms. The Morgan fingerprint density at radius 1 is 1.18 bits per heavy atom. The molecule has 2 aromatic rings. The van der Waals surface area contributed by atoms with Gasteiger partial charge in [0.15, 0.2) is 6.61 Å². The Morgan fingerprint density at radius 3 is 2.50 bits per heavy atom. The quantitative estimate of drug-likeness (QED) is 0.709. The molecule has 1 N–H and O–H groups in total. The lowest BCUT2D eigenvalue weighted by molar-refractivity contribution is -0.124. The first-order valence-electron chi connectivity index (χ1n) is 9.09. The molecule has 1 aliphatic rings. The van der Waals surface area contributed by atoms with Crippen LogP contribution < -0.4 is 10.1 Å². The number of aryl methyl sites for hydroxylation is 1. The second-order valence-corrected chi connectivity index (χ2v) is 9.66. The number of piperidine rings is 1. The van der Waals surface area contributed by atoms with Crippen LogP contribution in [0.1, 0.15) is 18.4 Å². The first kappa shape index (κ1) is 20.8. The van der Waals surface area contributed by atoms with Crippen molar-refractivity contribution in [1.82, 2.24) is 9.62 Å². The lowest BCUT2D eigenvalue weighted by Crippen LogP contribution is -2.47. The van der Waals surface area contributed by atoms with Crippen molar-refractivity contribution in [2.24, 2.45) is 0 Å². The summed E-state index contributed by atoms with van der Waals surface area (Å²) in [7, 11) is -3.49. The smallest absolute Gasteiger partial charge is 0.258 e.